The summed E-state index contributed by atoms with van der Waals surface area (Å²) in [6.45, 7) is 0. The van der Waals surface area contributed by atoms with E-state index < -0.39 is 4.92 Å². The molecule has 7 heteroatoms. The second-order valence-electron chi connectivity index (χ2n) is 6.71. The van der Waals surface area contributed by atoms with E-state index in [1.54, 1.807) is 41.2 Å². The zero-order valence-corrected chi connectivity index (χ0v) is 16.4. The van der Waals surface area contributed by atoms with Gasteiger partial charge in [0.2, 0.25) is 5.91 Å². The fourth-order valence-corrected chi connectivity index (χ4v) is 3.08. The van der Waals surface area contributed by atoms with E-state index in [0.29, 0.717) is 22.5 Å². The monoisotopic (exact) mass is 410 g/mol. The van der Waals surface area contributed by atoms with E-state index in [1.807, 2.05) is 48.5 Å². The van der Waals surface area contributed by atoms with Crippen molar-refractivity contribution in [1.82, 2.24) is 9.78 Å². The van der Waals surface area contributed by atoms with Crippen molar-refractivity contribution in [3.05, 3.63) is 113 Å². The lowest BCUT2D eigenvalue weighted by Gasteiger charge is -2.01. The predicted octanol–water partition coefficient (Wildman–Crippen LogP) is 5.10. The number of rotatable bonds is 6. The van der Waals surface area contributed by atoms with E-state index in [9.17, 15) is 14.9 Å². The van der Waals surface area contributed by atoms with Gasteiger partial charge >= 0.3 is 0 Å². The second kappa shape index (κ2) is 8.87. The molecule has 1 heterocycles. The molecule has 0 fully saturated rings. The van der Waals surface area contributed by atoms with Crippen LogP contribution >= 0.6 is 0 Å². The Morgan fingerprint density at radius 1 is 0.968 bits per heavy atom. The molecule has 1 amide bonds. The van der Waals surface area contributed by atoms with Crippen molar-refractivity contribution in [2.24, 2.45) is 0 Å². The predicted molar refractivity (Wildman–Crippen MR) is 120 cm³/mol. The minimum atomic E-state index is -0.444. The van der Waals surface area contributed by atoms with Gasteiger partial charge in [-0.3, -0.25) is 14.9 Å². The summed E-state index contributed by atoms with van der Waals surface area (Å²) in [7, 11) is 0. The Labute approximate surface area is 178 Å². The van der Waals surface area contributed by atoms with Crippen LogP contribution in [0.25, 0.3) is 23.0 Å². The Morgan fingerprint density at radius 3 is 2.39 bits per heavy atom. The summed E-state index contributed by atoms with van der Waals surface area (Å²) in [5.74, 6) is -0.288. The average Bonchev–Trinajstić information content (AvgIpc) is 3.23. The van der Waals surface area contributed by atoms with Gasteiger partial charge in [0, 0.05) is 41.2 Å². The lowest BCUT2D eigenvalue weighted by molar-refractivity contribution is -0.384. The smallest absolute Gasteiger partial charge is 0.270 e. The molecule has 0 bridgehead atoms. The van der Waals surface area contributed by atoms with Gasteiger partial charge in [-0.25, -0.2) is 4.68 Å². The van der Waals surface area contributed by atoms with Crippen molar-refractivity contribution >= 4 is 23.4 Å². The molecule has 0 radical (unpaired) electrons. The number of para-hydroxylation sites is 2. The molecule has 0 atom stereocenters. The number of hydrogen-bond acceptors (Lipinski definition) is 4. The highest BCUT2D eigenvalue weighted by Gasteiger charge is 2.14. The number of nitro benzene ring substituents is 1. The molecule has 0 saturated carbocycles. The summed E-state index contributed by atoms with van der Waals surface area (Å²) >= 11 is 0. The topological polar surface area (TPSA) is 90.1 Å². The quantitative estimate of drug-likeness (QED) is 0.272. The van der Waals surface area contributed by atoms with Gasteiger partial charge in [-0.15, -0.1) is 0 Å². The molecule has 0 aliphatic carbocycles. The third-order valence-electron chi connectivity index (χ3n) is 4.55. The molecule has 0 aliphatic heterocycles. The van der Waals surface area contributed by atoms with E-state index in [-0.39, 0.29) is 11.6 Å². The molecule has 0 aliphatic rings. The van der Waals surface area contributed by atoms with Gasteiger partial charge in [0.1, 0.15) is 5.69 Å². The fourth-order valence-electron chi connectivity index (χ4n) is 3.08. The van der Waals surface area contributed by atoms with Crippen molar-refractivity contribution < 1.29 is 9.72 Å². The van der Waals surface area contributed by atoms with E-state index in [2.05, 4.69) is 10.4 Å². The second-order valence-corrected chi connectivity index (χ2v) is 6.71. The Balaban J connectivity index is 1.70. The van der Waals surface area contributed by atoms with Crippen molar-refractivity contribution in [3.8, 4) is 16.9 Å². The maximum Gasteiger partial charge on any atom is 0.270 e. The van der Waals surface area contributed by atoms with E-state index in [4.69, 9.17) is 0 Å². The fraction of sp³-hybridized carbons (Fsp3) is 0. The maximum absolute atomic E-state index is 12.3. The van der Waals surface area contributed by atoms with Gasteiger partial charge in [-0.2, -0.15) is 5.10 Å². The van der Waals surface area contributed by atoms with Gasteiger partial charge in [-0.05, 0) is 30.3 Å². The molecule has 1 N–H and O–H groups in total. The SMILES string of the molecule is O=C(C=Cc1cn(-c2ccccc2)nc1-c1cccc([N+](=O)[O-])c1)Nc1ccccc1. The highest BCUT2D eigenvalue weighted by molar-refractivity contribution is 6.02. The normalized spacial score (nSPS) is 10.8. The summed E-state index contributed by atoms with van der Waals surface area (Å²) in [6, 6.07) is 24.9. The molecule has 31 heavy (non-hydrogen) atoms. The zero-order valence-electron chi connectivity index (χ0n) is 16.4. The largest absolute Gasteiger partial charge is 0.323 e. The van der Waals surface area contributed by atoms with Crippen molar-refractivity contribution in [1.29, 1.82) is 0 Å². The Bertz CT molecular complexity index is 1250. The van der Waals surface area contributed by atoms with Crippen molar-refractivity contribution in [3.63, 3.8) is 0 Å². The molecule has 4 rings (SSSR count). The van der Waals surface area contributed by atoms with Crippen LogP contribution in [0.1, 0.15) is 5.56 Å². The van der Waals surface area contributed by atoms with Gasteiger partial charge in [0.15, 0.2) is 0 Å². The number of aromatic nitrogens is 2. The summed E-state index contributed by atoms with van der Waals surface area (Å²) in [6.07, 6.45) is 4.86. The van der Waals surface area contributed by atoms with Crippen LogP contribution in [0.3, 0.4) is 0 Å². The Hall–Kier alpha value is -4.52. The maximum atomic E-state index is 12.3. The molecule has 0 unspecified atom stereocenters. The number of hydrogen-bond donors (Lipinski definition) is 1. The number of carbonyl (C=O) groups excluding carboxylic acids is 1. The van der Waals surface area contributed by atoms with Crippen molar-refractivity contribution in [2.45, 2.75) is 0 Å². The first-order chi connectivity index (χ1) is 15.1. The van der Waals surface area contributed by atoms with Crippen LogP contribution in [-0.4, -0.2) is 20.6 Å². The molecule has 0 spiro atoms. The zero-order chi connectivity index (χ0) is 21.6. The summed E-state index contributed by atoms with van der Waals surface area (Å²) in [4.78, 5) is 23.1. The van der Waals surface area contributed by atoms with Gasteiger partial charge in [0.05, 0.1) is 10.6 Å². The summed E-state index contributed by atoms with van der Waals surface area (Å²) in [5, 5.41) is 18.6. The first-order valence-corrected chi connectivity index (χ1v) is 9.54. The molecule has 0 saturated heterocycles. The number of anilines is 1. The highest BCUT2D eigenvalue weighted by atomic mass is 16.6. The number of carbonyl (C=O) groups is 1. The van der Waals surface area contributed by atoms with Crippen LogP contribution in [0, 0.1) is 10.1 Å². The molecule has 152 valence electrons. The minimum absolute atomic E-state index is 0.0245. The number of nitrogens with zero attached hydrogens (tertiary/aromatic N) is 3. The van der Waals surface area contributed by atoms with E-state index >= 15 is 0 Å². The third kappa shape index (κ3) is 4.73. The Kier molecular flexibility index (Phi) is 5.66. The molecular weight excluding hydrogens is 392 g/mol. The molecule has 7 nitrogen and oxygen atoms in total. The van der Waals surface area contributed by atoms with Crippen LogP contribution in [0.15, 0.2) is 97.2 Å². The van der Waals surface area contributed by atoms with Crippen LogP contribution < -0.4 is 5.32 Å². The molecular formula is C24H18N4O3. The van der Waals surface area contributed by atoms with Crippen LogP contribution in [-0.2, 0) is 4.79 Å². The van der Waals surface area contributed by atoms with Crippen molar-refractivity contribution in [2.75, 3.05) is 5.32 Å². The summed E-state index contributed by atoms with van der Waals surface area (Å²) < 4.78 is 1.68. The lowest BCUT2D eigenvalue weighted by atomic mass is 10.1. The molecule has 4 aromatic rings. The molecule has 3 aromatic carbocycles. The van der Waals surface area contributed by atoms with Gasteiger partial charge in [-0.1, -0.05) is 48.5 Å². The average molecular weight is 410 g/mol. The highest BCUT2D eigenvalue weighted by Crippen LogP contribution is 2.27. The standard InChI is InChI=1S/C24H18N4O3/c29-23(25-20-9-3-1-4-10-20)15-14-19-17-27(21-11-5-2-6-12-21)26-24(19)18-8-7-13-22(16-18)28(30)31/h1-17H,(H,25,29). The number of nitro groups is 1. The summed E-state index contributed by atoms with van der Waals surface area (Å²) in [5.41, 5.74) is 3.29. The third-order valence-corrected chi connectivity index (χ3v) is 4.55. The van der Waals surface area contributed by atoms with E-state index in [0.717, 1.165) is 5.69 Å². The van der Waals surface area contributed by atoms with Gasteiger partial charge in [0.25, 0.3) is 5.69 Å². The lowest BCUT2D eigenvalue weighted by Crippen LogP contribution is -2.07. The Morgan fingerprint density at radius 2 is 1.68 bits per heavy atom. The first kappa shape index (κ1) is 19.8. The molecule has 1 aromatic heterocycles. The first-order valence-electron chi connectivity index (χ1n) is 9.54. The number of nitrogens with one attached hydrogen (secondary N) is 1. The number of amides is 1. The number of benzene rings is 3. The van der Waals surface area contributed by atoms with Crippen LogP contribution in [0.2, 0.25) is 0 Å². The minimum Gasteiger partial charge on any atom is -0.323 e. The number of non-ortho nitro benzene ring substituents is 1. The van der Waals surface area contributed by atoms with Crippen LogP contribution in [0.5, 0.6) is 0 Å². The van der Waals surface area contributed by atoms with Gasteiger partial charge < -0.3 is 5.32 Å². The van der Waals surface area contributed by atoms with E-state index in [1.165, 1.54) is 18.2 Å². The van der Waals surface area contributed by atoms with Crippen LogP contribution in [0.4, 0.5) is 11.4 Å².